The number of ether oxygens (including phenoxy) is 3. The molecule has 0 spiro atoms. The number of hydrogen-bond acceptors (Lipinski definition) is 5. The molecule has 0 saturated carbocycles. The van der Waals surface area contributed by atoms with Gasteiger partial charge in [-0.1, -0.05) is 81.4 Å². The Balaban J connectivity index is 1.68. The Morgan fingerprint density at radius 3 is 2.03 bits per heavy atom. The molecule has 0 radical (unpaired) electrons. The maximum Gasteiger partial charge on any atom is 0.164 e. The van der Waals surface area contributed by atoms with Crippen LogP contribution in [0, 0.1) is 0 Å². The number of benzene rings is 2. The van der Waals surface area contributed by atoms with Crippen LogP contribution in [0.2, 0.25) is 0 Å². The second-order valence-corrected chi connectivity index (χ2v) is 12.9. The Bertz CT molecular complexity index is 785. The van der Waals surface area contributed by atoms with E-state index in [9.17, 15) is 0 Å². The molecular weight excluding hydrogens is 415 g/mol. The summed E-state index contributed by atoms with van der Waals surface area (Å²) in [7, 11) is -1.03. The van der Waals surface area contributed by atoms with Crippen LogP contribution in [-0.2, 0) is 18.7 Å². The van der Waals surface area contributed by atoms with Crippen molar-refractivity contribution in [3.8, 4) is 0 Å². The van der Waals surface area contributed by atoms with Crippen LogP contribution in [0.25, 0.3) is 0 Å². The fourth-order valence-corrected chi connectivity index (χ4v) is 6.96. The van der Waals surface area contributed by atoms with Crippen molar-refractivity contribution in [2.75, 3.05) is 6.61 Å². The Hall–Kier alpha value is -0.940. The van der Waals surface area contributed by atoms with Gasteiger partial charge in [-0.25, -0.2) is 0 Å². The van der Waals surface area contributed by atoms with Gasteiger partial charge in [0.1, 0.15) is 23.7 Å². The van der Waals surface area contributed by atoms with Crippen LogP contribution in [0.1, 0.15) is 34.6 Å². The molecule has 4 atom stereocenters. The average Bonchev–Trinajstić information content (AvgIpc) is 3.02. The molecular formula is C24H31O4PS. The molecule has 30 heavy (non-hydrogen) atoms. The highest BCUT2D eigenvalue weighted by molar-refractivity contribution is 8.01. The van der Waals surface area contributed by atoms with E-state index in [1.807, 2.05) is 26.0 Å². The number of rotatable bonds is 5. The van der Waals surface area contributed by atoms with Gasteiger partial charge in [-0.2, -0.15) is 0 Å². The Kier molecular flexibility index (Phi) is 6.60. The highest BCUT2D eigenvalue weighted by Gasteiger charge is 2.53. The van der Waals surface area contributed by atoms with Crippen LogP contribution < -0.4 is 10.6 Å². The SMILES string of the molecule is CC1(C)OC2C(OP(c3ccccc3)c3ccccc3)[C@@H](SC(C)(C)C)OC[C@H]2O1. The summed E-state index contributed by atoms with van der Waals surface area (Å²) in [5.74, 6) is -0.635. The number of thioether (sulfide) groups is 1. The molecule has 4 rings (SSSR count). The van der Waals surface area contributed by atoms with Gasteiger partial charge in [0.15, 0.2) is 5.79 Å². The molecule has 2 saturated heterocycles. The van der Waals surface area contributed by atoms with Gasteiger partial charge in [0, 0.05) is 15.4 Å². The summed E-state index contributed by atoms with van der Waals surface area (Å²) >= 11 is 1.79. The number of fused-ring (bicyclic) bond motifs is 1. The summed E-state index contributed by atoms with van der Waals surface area (Å²) in [4.78, 5) is 0. The third-order valence-electron chi connectivity index (χ3n) is 4.92. The van der Waals surface area contributed by atoms with E-state index in [-0.39, 0.29) is 28.5 Å². The first-order valence-electron chi connectivity index (χ1n) is 10.4. The minimum absolute atomic E-state index is 0.0380. The molecule has 162 valence electrons. The Labute approximate surface area is 185 Å². The molecule has 2 heterocycles. The summed E-state index contributed by atoms with van der Waals surface area (Å²) in [6.07, 6.45) is -0.516. The number of hydrogen-bond donors (Lipinski definition) is 0. The van der Waals surface area contributed by atoms with Gasteiger partial charge >= 0.3 is 0 Å². The molecule has 2 aromatic rings. The summed E-state index contributed by atoms with van der Waals surface area (Å²) in [6.45, 7) is 11.1. The first kappa shape index (κ1) is 22.3. The summed E-state index contributed by atoms with van der Waals surface area (Å²) < 4.78 is 25.7. The second kappa shape index (κ2) is 8.90. The van der Waals surface area contributed by atoms with E-state index >= 15 is 0 Å². The molecule has 4 nitrogen and oxygen atoms in total. The minimum Gasteiger partial charge on any atom is -0.362 e. The first-order chi connectivity index (χ1) is 14.2. The van der Waals surface area contributed by atoms with Gasteiger partial charge in [-0.15, -0.1) is 11.8 Å². The van der Waals surface area contributed by atoms with E-state index < -0.39 is 13.9 Å². The normalized spacial score (nSPS) is 28.5. The lowest BCUT2D eigenvalue weighted by molar-refractivity contribution is -0.150. The van der Waals surface area contributed by atoms with Crippen molar-refractivity contribution in [1.29, 1.82) is 0 Å². The predicted molar refractivity (Wildman–Crippen MR) is 125 cm³/mol. The molecule has 2 fully saturated rings. The highest BCUT2D eigenvalue weighted by atomic mass is 32.2. The Morgan fingerprint density at radius 1 is 0.933 bits per heavy atom. The van der Waals surface area contributed by atoms with E-state index in [4.69, 9.17) is 18.7 Å². The van der Waals surface area contributed by atoms with E-state index in [2.05, 4.69) is 69.3 Å². The standard InChI is InChI=1S/C24H31O4PS/c1-23(2,3)30-22-21(20-19(16-25-22)26-24(4,5)27-20)28-29(17-12-8-6-9-13-17)18-14-10-7-11-15-18/h6-15,19-22H,16H2,1-5H3/t19-,20?,21?,22-/m1/s1. The fraction of sp³-hybridized carbons (Fsp3) is 0.500. The van der Waals surface area contributed by atoms with Crippen molar-refractivity contribution < 1.29 is 18.7 Å². The molecule has 0 bridgehead atoms. The maximum atomic E-state index is 6.94. The van der Waals surface area contributed by atoms with Gasteiger partial charge in [0.05, 0.1) is 14.8 Å². The monoisotopic (exact) mass is 446 g/mol. The highest BCUT2D eigenvalue weighted by Crippen LogP contribution is 2.47. The predicted octanol–water partition coefficient (Wildman–Crippen LogP) is 4.83. The van der Waals surface area contributed by atoms with Gasteiger partial charge in [0.2, 0.25) is 0 Å². The van der Waals surface area contributed by atoms with Gasteiger partial charge < -0.3 is 18.7 Å². The van der Waals surface area contributed by atoms with Crippen molar-refractivity contribution >= 4 is 30.5 Å². The van der Waals surface area contributed by atoms with Gasteiger partial charge in [-0.3, -0.25) is 0 Å². The van der Waals surface area contributed by atoms with Crippen LogP contribution in [0.5, 0.6) is 0 Å². The van der Waals surface area contributed by atoms with Crippen LogP contribution >= 0.6 is 19.9 Å². The van der Waals surface area contributed by atoms with E-state index in [1.54, 1.807) is 11.8 Å². The van der Waals surface area contributed by atoms with Crippen LogP contribution in [0.3, 0.4) is 0 Å². The van der Waals surface area contributed by atoms with E-state index in [0.717, 1.165) is 0 Å². The maximum absolute atomic E-state index is 6.94. The zero-order chi connectivity index (χ0) is 21.4. The Morgan fingerprint density at radius 2 is 1.50 bits per heavy atom. The van der Waals surface area contributed by atoms with Crippen LogP contribution in [0.4, 0.5) is 0 Å². The molecule has 2 aliphatic heterocycles. The van der Waals surface area contributed by atoms with Crippen LogP contribution in [0.15, 0.2) is 60.7 Å². The minimum atomic E-state index is -1.03. The first-order valence-corrected chi connectivity index (χ1v) is 12.6. The average molecular weight is 447 g/mol. The summed E-state index contributed by atoms with van der Waals surface area (Å²) in [5, 5.41) is 2.36. The van der Waals surface area contributed by atoms with Gasteiger partial charge in [0.25, 0.3) is 0 Å². The molecule has 2 aromatic carbocycles. The quantitative estimate of drug-likeness (QED) is 0.615. The fourth-order valence-electron chi connectivity index (χ4n) is 3.79. The van der Waals surface area contributed by atoms with Crippen molar-refractivity contribution in [2.45, 2.75) is 68.9 Å². The largest absolute Gasteiger partial charge is 0.362 e. The smallest absolute Gasteiger partial charge is 0.164 e. The van der Waals surface area contributed by atoms with E-state index in [1.165, 1.54) is 10.6 Å². The molecule has 0 aromatic heterocycles. The van der Waals surface area contributed by atoms with E-state index in [0.29, 0.717) is 6.61 Å². The zero-order valence-electron chi connectivity index (χ0n) is 18.3. The third kappa shape index (κ3) is 5.27. The van der Waals surface area contributed by atoms with Crippen molar-refractivity contribution in [2.24, 2.45) is 0 Å². The summed E-state index contributed by atoms with van der Waals surface area (Å²) in [6, 6.07) is 20.9. The topological polar surface area (TPSA) is 36.9 Å². The van der Waals surface area contributed by atoms with Crippen molar-refractivity contribution in [3.63, 3.8) is 0 Å². The van der Waals surface area contributed by atoms with Gasteiger partial charge in [-0.05, 0) is 13.8 Å². The lowest BCUT2D eigenvalue weighted by Crippen LogP contribution is -2.52. The van der Waals surface area contributed by atoms with Crippen LogP contribution in [-0.4, -0.2) is 40.9 Å². The molecule has 2 unspecified atom stereocenters. The van der Waals surface area contributed by atoms with Crippen molar-refractivity contribution in [3.05, 3.63) is 60.7 Å². The van der Waals surface area contributed by atoms with Crippen molar-refractivity contribution in [1.82, 2.24) is 0 Å². The lowest BCUT2D eigenvalue weighted by Gasteiger charge is -2.41. The second-order valence-electron chi connectivity index (χ2n) is 9.11. The molecule has 0 aliphatic carbocycles. The molecule has 0 amide bonds. The summed E-state index contributed by atoms with van der Waals surface area (Å²) in [5.41, 5.74) is -0.124. The molecule has 6 heteroatoms. The lowest BCUT2D eigenvalue weighted by atomic mass is 10.1. The third-order valence-corrected chi connectivity index (χ3v) is 8.25. The molecule has 0 N–H and O–H groups in total. The molecule has 2 aliphatic rings. The zero-order valence-corrected chi connectivity index (χ0v) is 20.0.